The zero-order valence-electron chi connectivity index (χ0n) is 12.7. The van der Waals surface area contributed by atoms with Gasteiger partial charge < -0.3 is 14.6 Å². The van der Waals surface area contributed by atoms with Gasteiger partial charge in [-0.3, -0.25) is 0 Å². The lowest BCUT2D eigenvalue weighted by atomic mass is 10.2. The molecular weight excluding hydrogens is 282 g/mol. The summed E-state index contributed by atoms with van der Waals surface area (Å²) in [6.45, 7) is 5.63. The van der Waals surface area contributed by atoms with Crippen LogP contribution in [0.15, 0.2) is 41.7 Å². The lowest BCUT2D eigenvalue weighted by Crippen LogP contribution is -2.18. The number of aryl methyl sites for hydroxylation is 1. The van der Waals surface area contributed by atoms with Crippen molar-refractivity contribution in [1.29, 1.82) is 0 Å². The lowest BCUT2D eigenvalue weighted by Gasteiger charge is -2.07. The molecule has 21 heavy (non-hydrogen) atoms. The van der Waals surface area contributed by atoms with Crippen molar-refractivity contribution < 1.29 is 4.74 Å². The van der Waals surface area contributed by atoms with Gasteiger partial charge >= 0.3 is 0 Å². The normalized spacial score (nSPS) is 11.0. The SMILES string of the molecule is CCn1cncc1CSc1ccc(CNCCOC)cc1. The van der Waals surface area contributed by atoms with Crippen molar-refractivity contribution in [2.24, 2.45) is 0 Å². The Morgan fingerprint density at radius 2 is 2.10 bits per heavy atom. The number of aromatic nitrogens is 2. The molecule has 0 amide bonds. The van der Waals surface area contributed by atoms with Crippen LogP contribution in [0.4, 0.5) is 0 Å². The molecule has 2 rings (SSSR count). The Balaban J connectivity index is 1.79. The highest BCUT2D eigenvalue weighted by atomic mass is 32.2. The van der Waals surface area contributed by atoms with E-state index in [4.69, 9.17) is 4.74 Å². The smallest absolute Gasteiger partial charge is 0.0948 e. The molecule has 0 saturated carbocycles. The molecule has 114 valence electrons. The summed E-state index contributed by atoms with van der Waals surface area (Å²) in [6.07, 6.45) is 3.84. The van der Waals surface area contributed by atoms with Gasteiger partial charge in [-0.25, -0.2) is 4.98 Å². The van der Waals surface area contributed by atoms with Crippen LogP contribution in [0.3, 0.4) is 0 Å². The molecule has 1 N–H and O–H groups in total. The monoisotopic (exact) mass is 305 g/mol. The van der Waals surface area contributed by atoms with Crippen molar-refractivity contribution in [2.75, 3.05) is 20.3 Å². The first-order chi connectivity index (χ1) is 10.3. The maximum absolute atomic E-state index is 5.01. The van der Waals surface area contributed by atoms with Gasteiger partial charge in [0, 0.05) is 49.3 Å². The molecule has 0 saturated heterocycles. The minimum Gasteiger partial charge on any atom is -0.383 e. The van der Waals surface area contributed by atoms with Crippen molar-refractivity contribution in [1.82, 2.24) is 14.9 Å². The van der Waals surface area contributed by atoms with Gasteiger partial charge in [-0.2, -0.15) is 0 Å². The average molecular weight is 305 g/mol. The molecule has 1 aromatic heterocycles. The summed E-state index contributed by atoms with van der Waals surface area (Å²) >= 11 is 1.85. The van der Waals surface area contributed by atoms with E-state index in [9.17, 15) is 0 Å². The number of methoxy groups -OCH3 is 1. The van der Waals surface area contributed by atoms with Gasteiger partial charge in [-0.1, -0.05) is 12.1 Å². The van der Waals surface area contributed by atoms with Crippen LogP contribution in [0.1, 0.15) is 18.2 Å². The van der Waals surface area contributed by atoms with E-state index in [1.807, 2.05) is 24.3 Å². The van der Waals surface area contributed by atoms with Crippen LogP contribution >= 0.6 is 11.8 Å². The Hall–Kier alpha value is -1.30. The predicted octanol–water partition coefficient (Wildman–Crippen LogP) is 2.93. The molecule has 0 aliphatic rings. The predicted molar refractivity (Wildman–Crippen MR) is 87.5 cm³/mol. The maximum Gasteiger partial charge on any atom is 0.0948 e. The third kappa shape index (κ3) is 5.19. The molecule has 4 nitrogen and oxygen atoms in total. The minimum atomic E-state index is 0.749. The molecule has 0 radical (unpaired) electrons. The van der Waals surface area contributed by atoms with E-state index in [-0.39, 0.29) is 0 Å². The highest BCUT2D eigenvalue weighted by Gasteiger charge is 2.02. The summed E-state index contributed by atoms with van der Waals surface area (Å²) in [5.74, 6) is 0.958. The third-order valence-corrected chi connectivity index (χ3v) is 4.31. The quantitative estimate of drug-likeness (QED) is 0.571. The third-order valence-electron chi connectivity index (χ3n) is 3.26. The molecule has 0 aliphatic carbocycles. The summed E-state index contributed by atoms with van der Waals surface area (Å²) in [5.41, 5.74) is 2.57. The van der Waals surface area contributed by atoms with Crippen molar-refractivity contribution in [3.8, 4) is 0 Å². The van der Waals surface area contributed by atoms with Crippen LogP contribution in [-0.2, 0) is 23.6 Å². The van der Waals surface area contributed by atoms with E-state index in [0.29, 0.717) is 0 Å². The van der Waals surface area contributed by atoms with Crippen molar-refractivity contribution in [3.63, 3.8) is 0 Å². The summed E-state index contributed by atoms with van der Waals surface area (Å²) in [6, 6.07) is 8.73. The number of rotatable bonds is 9. The van der Waals surface area contributed by atoms with Crippen molar-refractivity contribution >= 4 is 11.8 Å². The second-order valence-electron chi connectivity index (χ2n) is 4.77. The van der Waals surface area contributed by atoms with Crippen LogP contribution in [0.2, 0.25) is 0 Å². The molecule has 1 aromatic carbocycles. The summed E-state index contributed by atoms with van der Waals surface area (Å²) in [7, 11) is 1.72. The molecule has 0 fully saturated rings. The molecule has 0 aliphatic heterocycles. The number of hydrogen-bond donors (Lipinski definition) is 1. The van der Waals surface area contributed by atoms with E-state index in [1.54, 1.807) is 7.11 Å². The minimum absolute atomic E-state index is 0.749. The number of nitrogens with zero attached hydrogens (tertiary/aromatic N) is 2. The standard InChI is InChI=1S/C16H23N3OS/c1-3-19-13-18-11-15(19)12-21-16-6-4-14(5-7-16)10-17-8-9-20-2/h4-7,11,13,17H,3,8-10,12H2,1-2H3. The summed E-state index contributed by atoms with van der Waals surface area (Å²) < 4.78 is 7.19. The van der Waals surface area contributed by atoms with Gasteiger partial charge in [-0.15, -0.1) is 11.8 Å². The zero-order chi connectivity index (χ0) is 14.9. The first-order valence-corrected chi connectivity index (χ1v) is 8.22. The molecule has 2 aromatic rings. The van der Waals surface area contributed by atoms with Crippen LogP contribution in [0.5, 0.6) is 0 Å². The molecular formula is C16H23N3OS. The number of imidazole rings is 1. The number of ether oxygens (including phenoxy) is 1. The van der Waals surface area contributed by atoms with Crippen molar-refractivity contribution in [2.45, 2.75) is 30.7 Å². The Morgan fingerprint density at radius 3 is 2.81 bits per heavy atom. The lowest BCUT2D eigenvalue weighted by molar-refractivity contribution is 0.199. The Morgan fingerprint density at radius 1 is 1.29 bits per heavy atom. The van der Waals surface area contributed by atoms with Crippen LogP contribution in [-0.4, -0.2) is 29.8 Å². The molecule has 1 heterocycles. The van der Waals surface area contributed by atoms with E-state index in [0.717, 1.165) is 32.0 Å². The van der Waals surface area contributed by atoms with Gasteiger partial charge in [0.1, 0.15) is 0 Å². The van der Waals surface area contributed by atoms with Gasteiger partial charge in [0.05, 0.1) is 12.9 Å². The second kappa shape index (κ2) is 8.87. The second-order valence-corrected chi connectivity index (χ2v) is 5.82. The summed E-state index contributed by atoms with van der Waals surface area (Å²) in [5, 5.41) is 3.35. The Labute approximate surface area is 130 Å². The highest BCUT2D eigenvalue weighted by Crippen LogP contribution is 2.23. The largest absolute Gasteiger partial charge is 0.383 e. The van der Waals surface area contributed by atoms with Crippen LogP contribution < -0.4 is 5.32 Å². The summed E-state index contributed by atoms with van der Waals surface area (Å²) in [4.78, 5) is 5.49. The molecule has 0 spiro atoms. The van der Waals surface area contributed by atoms with E-state index in [2.05, 4.69) is 46.1 Å². The van der Waals surface area contributed by atoms with Gasteiger partial charge in [0.2, 0.25) is 0 Å². The van der Waals surface area contributed by atoms with Crippen LogP contribution in [0.25, 0.3) is 0 Å². The van der Waals surface area contributed by atoms with Crippen LogP contribution in [0, 0.1) is 0 Å². The number of nitrogens with one attached hydrogen (secondary N) is 1. The fourth-order valence-electron chi connectivity index (χ4n) is 2.02. The average Bonchev–Trinajstić information content (AvgIpc) is 2.98. The molecule has 0 atom stereocenters. The molecule has 0 bridgehead atoms. The molecule has 0 unspecified atom stereocenters. The number of thioether (sulfide) groups is 1. The molecule has 5 heteroatoms. The number of hydrogen-bond acceptors (Lipinski definition) is 4. The fourth-order valence-corrected chi connectivity index (χ4v) is 2.90. The van der Waals surface area contributed by atoms with E-state index < -0.39 is 0 Å². The van der Waals surface area contributed by atoms with Gasteiger partial charge in [-0.05, 0) is 24.6 Å². The highest BCUT2D eigenvalue weighted by molar-refractivity contribution is 7.98. The van der Waals surface area contributed by atoms with Gasteiger partial charge in [0.15, 0.2) is 0 Å². The van der Waals surface area contributed by atoms with Crippen molar-refractivity contribution in [3.05, 3.63) is 48.0 Å². The van der Waals surface area contributed by atoms with E-state index in [1.165, 1.54) is 16.2 Å². The Kier molecular flexibility index (Phi) is 6.79. The Bertz CT molecular complexity index is 525. The number of benzene rings is 1. The fraction of sp³-hybridized carbons (Fsp3) is 0.438. The maximum atomic E-state index is 5.01. The van der Waals surface area contributed by atoms with E-state index >= 15 is 0 Å². The zero-order valence-corrected chi connectivity index (χ0v) is 13.5. The first-order valence-electron chi connectivity index (χ1n) is 7.24. The topological polar surface area (TPSA) is 39.1 Å². The van der Waals surface area contributed by atoms with Gasteiger partial charge in [0.25, 0.3) is 0 Å². The first kappa shape index (κ1) is 16.1.